The van der Waals surface area contributed by atoms with Crippen LogP contribution < -0.4 is 10.6 Å². The van der Waals surface area contributed by atoms with Crippen molar-refractivity contribution in [2.45, 2.75) is 69.8 Å². The van der Waals surface area contributed by atoms with Gasteiger partial charge < -0.3 is 15.1 Å². The molecule has 1 heterocycles. The zero-order chi connectivity index (χ0) is 22.2. The summed E-state index contributed by atoms with van der Waals surface area (Å²) in [5.41, 5.74) is 1.20. The summed E-state index contributed by atoms with van der Waals surface area (Å²) in [7, 11) is 0. The van der Waals surface area contributed by atoms with Crippen LogP contribution in [0, 0.1) is 11.8 Å². The van der Waals surface area contributed by atoms with Gasteiger partial charge in [0.2, 0.25) is 11.7 Å². The monoisotopic (exact) mass is 480 g/mol. The second-order valence-corrected chi connectivity index (χ2v) is 9.25. The highest BCUT2D eigenvalue weighted by molar-refractivity contribution is 7.98. The standard InChI is InChI=1S/C23H32N4O3S.ClH/c1-15(2)13-19(20(28)22-26-27-23(30-22)31-3)25-21(29)17-11-7-8-12-18(17)24-14-16-9-5-4-6-10-16;/h4-6,9-10,15,17-19,24H,7-8,11-14H2,1-3H3,(H,25,29);1H/t17-,18+,19+;/m1./s1. The molecule has 1 saturated carbocycles. The van der Waals surface area contributed by atoms with E-state index in [0.717, 1.165) is 32.2 Å². The van der Waals surface area contributed by atoms with Gasteiger partial charge >= 0.3 is 0 Å². The van der Waals surface area contributed by atoms with Crippen LogP contribution in [0.25, 0.3) is 0 Å². The number of carbonyl (C=O) groups excluding carboxylic acids is 2. The summed E-state index contributed by atoms with van der Waals surface area (Å²) in [4.78, 5) is 26.2. The van der Waals surface area contributed by atoms with E-state index in [1.54, 1.807) is 6.26 Å². The van der Waals surface area contributed by atoms with Crippen molar-refractivity contribution in [3.05, 3.63) is 41.8 Å². The number of rotatable bonds is 10. The first-order valence-electron chi connectivity index (χ1n) is 11.0. The van der Waals surface area contributed by atoms with Crippen molar-refractivity contribution in [3.8, 4) is 0 Å². The second-order valence-electron chi connectivity index (χ2n) is 8.50. The molecular weight excluding hydrogens is 448 g/mol. The fourth-order valence-electron chi connectivity index (χ4n) is 4.06. The molecule has 1 fully saturated rings. The Morgan fingerprint density at radius 1 is 1.16 bits per heavy atom. The van der Waals surface area contributed by atoms with Gasteiger partial charge in [-0.15, -0.1) is 22.6 Å². The number of nitrogens with zero attached hydrogens (tertiary/aromatic N) is 2. The van der Waals surface area contributed by atoms with Gasteiger partial charge in [-0.05, 0) is 37.0 Å². The van der Waals surface area contributed by atoms with Crippen LogP contribution >= 0.6 is 24.2 Å². The Balaban J connectivity index is 0.00000363. The average Bonchev–Trinajstić information content (AvgIpc) is 3.26. The number of hydrogen-bond donors (Lipinski definition) is 2. The van der Waals surface area contributed by atoms with Crippen molar-refractivity contribution in [2.75, 3.05) is 6.26 Å². The summed E-state index contributed by atoms with van der Waals surface area (Å²) in [5.74, 6) is -0.370. The maximum Gasteiger partial charge on any atom is 0.286 e. The van der Waals surface area contributed by atoms with Crippen molar-refractivity contribution >= 4 is 35.9 Å². The minimum absolute atomic E-state index is 0. The van der Waals surface area contributed by atoms with Crippen LogP contribution in [0.2, 0.25) is 0 Å². The Morgan fingerprint density at radius 2 is 1.88 bits per heavy atom. The molecular formula is C23H33ClN4O3S. The Labute approximate surface area is 200 Å². The molecule has 0 bridgehead atoms. The Morgan fingerprint density at radius 3 is 2.53 bits per heavy atom. The number of carbonyl (C=O) groups is 2. The Kier molecular flexibility index (Phi) is 10.7. The highest BCUT2D eigenvalue weighted by Gasteiger charge is 2.34. The molecule has 2 N–H and O–H groups in total. The van der Waals surface area contributed by atoms with Crippen LogP contribution in [0.1, 0.15) is 62.2 Å². The molecule has 1 aromatic carbocycles. The van der Waals surface area contributed by atoms with Gasteiger partial charge in [0, 0.05) is 12.6 Å². The summed E-state index contributed by atoms with van der Waals surface area (Å²) >= 11 is 1.29. The van der Waals surface area contributed by atoms with Gasteiger partial charge in [0.25, 0.3) is 11.1 Å². The van der Waals surface area contributed by atoms with E-state index in [4.69, 9.17) is 4.42 Å². The lowest BCUT2D eigenvalue weighted by atomic mass is 9.83. The molecule has 9 heteroatoms. The van der Waals surface area contributed by atoms with Crippen LogP contribution in [0.5, 0.6) is 0 Å². The first-order chi connectivity index (χ1) is 15.0. The molecule has 32 heavy (non-hydrogen) atoms. The summed E-state index contributed by atoms with van der Waals surface area (Å²) in [6.07, 6.45) is 6.22. The van der Waals surface area contributed by atoms with Crippen LogP contribution in [-0.2, 0) is 11.3 Å². The van der Waals surface area contributed by atoms with Crippen LogP contribution in [0.4, 0.5) is 0 Å². The molecule has 1 aliphatic carbocycles. The van der Waals surface area contributed by atoms with Gasteiger partial charge in [0.1, 0.15) is 0 Å². The third-order valence-corrected chi connectivity index (χ3v) is 6.16. The lowest BCUT2D eigenvalue weighted by Crippen LogP contribution is -2.50. The third kappa shape index (κ3) is 7.32. The number of halogens is 1. The van der Waals surface area contributed by atoms with Crippen LogP contribution in [0.3, 0.4) is 0 Å². The number of Topliss-reactive ketones (excluding diaryl/α,β-unsaturated/α-hetero) is 1. The molecule has 0 radical (unpaired) electrons. The maximum absolute atomic E-state index is 13.2. The lowest BCUT2D eigenvalue weighted by Gasteiger charge is -2.32. The summed E-state index contributed by atoms with van der Waals surface area (Å²) in [5, 5.41) is 14.6. The van der Waals surface area contributed by atoms with E-state index in [-0.39, 0.29) is 47.9 Å². The summed E-state index contributed by atoms with van der Waals surface area (Å²) < 4.78 is 5.42. The molecule has 176 valence electrons. The number of thioether (sulfide) groups is 1. The number of nitrogens with one attached hydrogen (secondary N) is 2. The van der Waals surface area contributed by atoms with E-state index in [9.17, 15) is 9.59 Å². The molecule has 1 aliphatic rings. The minimum atomic E-state index is -0.667. The van der Waals surface area contributed by atoms with Crippen molar-refractivity contribution in [3.63, 3.8) is 0 Å². The lowest BCUT2D eigenvalue weighted by molar-refractivity contribution is -0.127. The molecule has 0 spiro atoms. The molecule has 3 atom stereocenters. The Bertz CT molecular complexity index is 862. The number of hydrogen-bond acceptors (Lipinski definition) is 7. The molecule has 0 aliphatic heterocycles. The van der Waals surface area contributed by atoms with Crippen LogP contribution in [-0.4, -0.2) is 40.2 Å². The number of aromatic nitrogens is 2. The van der Waals surface area contributed by atoms with E-state index < -0.39 is 6.04 Å². The Hall–Kier alpha value is -1.90. The molecule has 3 rings (SSSR count). The summed E-state index contributed by atoms with van der Waals surface area (Å²) in [6.45, 7) is 4.78. The smallest absolute Gasteiger partial charge is 0.286 e. The quantitative estimate of drug-likeness (QED) is 0.387. The summed E-state index contributed by atoms with van der Waals surface area (Å²) in [6, 6.07) is 9.62. The van der Waals surface area contributed by atoms with E-state index >= 15 is 0 Å². The predicted octanol–water partition coefficient (Wildman–Crippen LogP) is 4.28. The van der Waals surface area contributed by atoms with E-state index in [0.29, 0.717) is 11.6 Å². The van der Waals surface area contributed by atoms with Gasteiger partial charge in [-0.2, -0.15) is 0 Å². The van der Waals surface area contributed by atoms with Crippen molar-refractivity contribution < 1.29 is 14.0 Å². The van der Waals surface area contributed by atoms with Crippen molar-refractivity contribution in [1.82, 2.24) is 20.8 Å². The van der Waals surface area contributed by atoms with Gasteiger partial charge in [-0.1, -0.05) is 68.8 Å². The fourth-order valence-corrected chi connectivity index (χ4v) is 4.34. The zero-order valence-corrected chi connectivity index (χ0v) is 20.5. The fraction of sp³-hybridized carbons (Fsp3) is 0.565. The molecule has 2 aromatic rings. The normalized spacial score (nSPS) is 19.2. The maximum atomic E-state index is 13.2. The molecule has 1 aromatic heterocycles. The van der Waals surface area contributed by atoms with Gasteiger partial charge in [-0.25, -0.2) is 0 Å². The molecule has 0 saturated heterocycles. The van der Waals surface area contributed by atoms with E-state index in [1.807, 2.05) is 32.0 Å². The van der Waals surface area contributed by atoms with Crippen molar-refractivity contribution in [2.24, 2.45) is 11.8 Å². The predicted molar refractivity (Wildman–Crippen MR) is 128 cm³/mol. The van der Waals surface area contributed by atoms with Gasteiger partial charge in [0.15, 0.2) is 0 Å². The third-order valence-electron chi connectivity index (χ3n) is 5.65. The van der Waals surface area contributed by atoms with Gasteiger partial charge in [0.05, 0.1) is 12.0 Å². The molecule has 0 unspecified atom stereocenters. The van der Waals surface area contributed by atoms with Gasteiger partial charge in [-0.3, -0.25) is 9.59 Å². The first-order valence-corrected chi connectivity index (χ1v) is 12.2. The number of ketones is 1. The number of benzene rings is 1. The zero-order valence-electron chi connectivity index (χ0n) is 18.9. The minimum Gasteiger partial charge on any atom is -0.408 e. The van der Waals surface area contributed by atoms with E-state index in [2.05, 4.69) is 33.0 Å². The topological polar surface area (TPSA) is 97.1 Å². The van der Waals surface area contributed by atoms with Crippen LogP contribution in [0.15, 0.2) is 40.0 Å². The van der Waals surface area contributed by atoms with Crippen molar-refractivity contribution in [1.29, 1.82) is 0 Å². The largest absolute Gasteiger partial charge is 0.408 e. The molecule has 1 amide bonds. The number of amides is 1. The average molecular weight is 481 g/mol. The molecule has 7 nitrogen and oxygen atoms in total. The van der Waals surface area contributed by atoms with E-state index in [1.165, 1.54) is 17.3 Å². The highest BCUT2D eigenvalue weighted by atomic mass is 35.5. The SMILES string of the molecule is CSc1nnc(C(=O)[C@H](CC(C)C)NC(=O)[C@@H]2CCCC[C@@H]2NCc2ccccc2)o1.Cl. The second kappa shape index (κ2) is 13.0. The highest BCUT2D eigenvalue weighted by Crippen LogP contribution is 2.26. The first kappa shape index (κ1) is 26.4.